The molecule has 2 rings (SSSR count). The lowest BCUT2D eigenvalue weighted by molar-refractivity contribution is -0.143. The zero-order chi connectivity index (χ0) is 15.2. The highest BCUT2D eigenvalue weighted by atomic mass is 16.5. The van der Waals surface area contributed by atoms with Gasteiger partial charge in [-0.25, -0.2) is 0 Å². The molecule has 21 heavy (non-hydrogen) atoms. The fraction of sp³-hybridized carbons (Fsp3) is 0.588. The van der Waals surface area contributed by atoms with E-state index < -0.39 is 0 Å². The molecule has 0 spiro atoms. The van der Waals surface area contributed by atoms with Crippen LogP contribution in [0.15, 0.2) is 30.3 Å². The molecule has 0 aromatic heterocycles. The van der Waals surface area contributed by atoms with Crippen LogP contribution in [0.1, 0.15) is 37.7 Å². The van der Waals surface area contributed by atoms with Crippen molar-refractivity contribution < 1.29 is 9.53 Å². The minimum atomic E-state index is -0.240. The number of hydrogen-bond donors (Lipinski definition) is 1. The van der Waals surface area contributed by atoms with Gasteiger partial charge < -0.3 is 10.5 Å². The number of nitrogens with two attached hydrogens (primary N) is 1. The van der Waals surface area contributed by atoms with Gasteiger partial charge in [0.2, 0.25) is 0 Å². The molecule has 3 atom stereocenters. The van der Waals surface area contributed by atoms with E-state index in [0.717, 1.165) is 18.5 Å². The van der Waals surface area contributed by atoms with Crippen molar-refractivity contribution in [2.45, 2.75) is 44.2 Å². The number of carbonyl (C=O) groups excluding carboxylic acids is 1. The molecule has 4 nitrogen and oxygen atoms in total. The van der Waals surface area contributed by atoms with Crippen LogP contribution in [0.2, 0.25) is 0 Å². The first-order chi connectivity index (χ1) is 10.1. The SMILES string of the molecule is COC(=O)C(CN1CCCCC1C(C)N)c1ccccc1. The molecule has 4 heteroatoms. The summed E-state index contributed by atoms with van der Waals surface area (Å²) in [6.07, 6.45) is 3.50. The molecule has 2 N–H and O–H groups in total. The van der Waals surface area contributed by atoms with Gasteiger partial charge in [-0.2, -0.15) is 0 Å². The van der Waals surface area contributed by atoms with Crippen molar-refractivity contribution in [1.29, 1.82) is 0 Å². The van der Waals surface area contributed by atoms with Crippen molar-refractivity contribution in [2.75, 3.05) is 20.2 Å². The number of benzene rings is 1. The number of likely N-dealkylation sites (tertiary alicyclic amines) is 1. The minimum Gasteiger partial charge on any atom is -0.469 e. The Morgan fingerprint density at radius 3 is 2.71 bits per heavy atom. The van der Waals surface area contributed by atoms with E-state index in [9.17, 15) is 4.79 Å². The average molecular weight is 290 g/mol. The first-order valence-electron chi connectivity index (χ1n) is 7.76. The lowest BCUT2D eigenvalue weighted by atomic mass is 9.93. The van der Waals surface area contributed by atoms with Crippen molar-refractivity contribution in [3.05, 3.63) is 35.9 Å². The van der Waals surface area contributed by atoms with Gasteiger partial charge in [0.05, 0.1) is 13.0 Å². The van der Waals surface area contributed by atoms with Crippen LogP contribution < -0.4 is 5.73 Å². The standard InChI is InChI=1S/C17H26N2O2/c1-13(18)16-10-6-7-11-19(16)12-15(17(20)21-2)14-8-4-3-5-9-14/h3-5,8-9,13,15-16H,6-7,10-12,18H2,1-2H3. The molecule has 3 unspecified atom stereocenters. The van der Waals surface area contributed by atoms with Gasteiger partial charge in [0.15, 0.2) is 0 Å². The molecule has 0 aliphatic carbocycles. The smallest absolute Gasteiger partial charge is 0.314 e. The molecule has 1 aromatic rings. The minimum absolute atomic E-state index is 0.124. The summed E-state index contributed by atoms with van der Waals surface area (Å²) in [7, 11) is 1.46. The summed E-state index contributed by atoms with van der Waals surface area (Å²) in [6.45, 7) is 3.74. The summed E-state index contributed by atoms with van der Waals surface area (Å²) in [6, 6.07) is 10.4. The van der Waals surface area contributed by atoms with Gasteiger partial charge >= 0.3 is 5.97 Å². The predicted octanol–water partition coefficient (Wildman–Crippen LogP) is 2.14. The zero-order valence-corrected chi connectivity index (χ0v) is 13.0. The molecule has 1 fully saturated rings. The second-order valence-electron chi connectivity index (χ2n) is 5.90. The summed E-state index contributed by atoms with van der Waals surface area (Å²) in [5, 5.41) is 0. The van der Waals surface area contributed by atoms with Gasteiger partial charge in [0, 0.05) is 18.6 Å². The Balaban J connectivity index is 2.16. The zero-order valence-electron chi connectivity index (χ0n) is 13.0. The van der Waals surface area contributed by atoms with Crippen LogP contribution in [0, 0.1) is 0 Å². The van der Waals surface area contributed by atoms with Crippen LogP contribution in [0.4, 0.5) is 0 Å². The number of esters is 1. The van der Waals surface area contributed by atoms with Gasteiger partial charge in [-0.15, -0.1) is 0 Å². The van der Waals surface area contributed by atoms with Crippen LogP contribution in [0.3, 0.4) is 0 Å². The molecule has 1 aromatic carbocycles. The maximum absolute atomic E-state index is 12.2. The van der Waals surface area contributed by atoms with Crippen LogP contribution >= 0.6 is 0 Å². The maximum atomic E-state index is 12.2. The third kappa shape index (κ3) is 4.05. The summed E-state index contributed by atoms with van der Waals surface area (Å²) in [4.78, 5) is 14.5. The summed E-state index contributed by atoms with van der Waals surface area (Å²) < 4.78 is 5.01. The van der Waals surface area contributed by atoms with Crippen molar-refractivity contribution in [1.82, 2.24) is 4.90 Å². The van der Waals surface area contributed by atoms with E-state index >= 15 is 0 Å². The van der Waals surface area contributed by atoms with E-state index in [0.29, 0.717) is 12.6 Å². The number of nitrogens with zero attached hydrogens (tertiary/aromatic N) is 1. The molecule has 1 aliphatic rings. The van der Waals surface area contributed by atoms with Crippen molar-refractivity contribution in [3.8, 4) is 0 Å². The fourth-order valence-electron chi connectivity index (χ4n) is 3.22. The highest BCUT2D eigenvalue weighted by molar-refractivity contribution is 5.78. The maximum Gasteiger partial charge on any atom is 0.314 e. The van der Waals surface area contributed by atoms with E-state index in [1.165, 1.54) is 20.0 Å². The largest absolute Gasteiger partial charge is 0.469 e. The molecule has 0 radical (unpaired) electrons. The van der Waals surface area contributed by atoms with E-state index in [4.69, 9.17) is 10.5 Å². The van der Waals surface area contributed by atoms with Crippen molar-refractivity contribution in [3.63, 3.8) is 0 Å². The molecular formula is C17H26N2O2. The third-order valence-corrected chi connectivity index (χ3v) is 4.38. The number of carbonyl (C=O) groups is 1. The fourth-order valence-corrected chi connectivity index (χ4v) is 3.22. The first-order valence-corrected chi connectivity index (χ1v) is 7.76. The summed E-state index contributed by atoms with van der Waals surface area (Å²) >= 11 is 0. The molecule has 1 saturated heterocycles. The molecule has 0 amide bonds. The van der Waals surface area contributed by atoms with Crippen LogP contribution in [-0.4, -0.2) is 43.2 Å². The Bertz CT molecular complexity index is 447. The van der Waals surface area contributed by atoms with Crippen molar-refractivity contribution >= 4 is 5.97 Å². The van der Waals surface area contributed by atoms with Gasteiger partial charge in [-0.3, -0.25) is 9.69 Å². The molecule has 116 valence electrons. The quantitative estimate of drug-likeness (QED) is 0.844. The lowest BCUT2D eigenvalue weighted by Crippen LogP contribution is -2.51. The van der Waals surface area contributed by atoms with E-state index in [1.54, 1.807) is 0 Å². The van der Waals surface area contributed by atoms with Gasteiger partial charge in [-0.1, -0.05) is 36.8 Å². The Labute approximate surface area is 127 Å². The van der Waals surface area contributed by atoms with Gasteiger partial charge in [-0.05, 0) is 31.9 Å². The second-order valence-corrected chi connectivity index (χ2v) is 5.90. The third-order valence-electron chi connectivity index (χ3n) is 4.38. The van der Waals surface area contributed by atoms with Gasteiger partial charge in [0.25, 0.3) is 0 Å². The molecular weight excluding hydrogens is 264 g/mol. The van der Waals surface area contributed by atoms with E-state index in [-0.39, 0.29) is 17.9 Å². The average Bonchev–Trinajstić information content (AvgIpc) is 2.53. The van der Waals surface area contributed by atoms with Gasteiger partial charge in [0.1, 0.15) is 0 Å². The molecule has 0 saturated carbocycles. The first kappa shape index (κ1) is 16.0. The number of hydrogen-bond acceptors (Lipinski definition) is 4. The van der Waals surface area contributed by atoms with Crippen LogP contribution in [0.5, 0.6) is 0 Å². The van der Waals surface area contributed by atoms with Crippen molar-refractivity contribution in [2.24, 2.45) is 5.73 Å². The summed E-state index contributed by atoms with van der Waals surface area (Å²) in [5.74, 6) is -0.411. The highest BCUT2D eigenvalue weighted by Crippen LogP contribution is 2.25. The topological polar surface area (TPSA) is 55.6 Å². The van der Waals surface area contributed by atoms with E-state index in [1.807, 2.05) is 30.3 Å². The monoisotopic (exact) mass is 290 g/mol. The molecule has 0 bridgehead atoms. The Morgan fingerprint density at radius 1 is 1.38 bits per heavy atom. The second kappa shape index (κ2) is 7.57. The van der Waals surface area contributed by atoms with Crippen LogP contribution in [-0.2, 0) is 9.53 Å². The lowest BCUT2D eigenvalue weighted by Gasteiger charge is -2.39. The molecule has 1 heterocycles. The Morgan fingerprint density at radius 2 is 2.10 bits per heavy atom. The Kier molecular flexibility index (Phi) is 5.76. The number of piperidine rings is 1. The van der Waals surface area contributed by atoms with Crippen LogP contribution in [0.25, 0.3) is 0 Å². The number of ether oxygens (including phenoxy) is 1. The summed E-state index contributed by atoms with van der Waals surface area (Å²) in [5.41, 5.74) is 7.14. The van der Waals surface area contributed by atoms with E-state index in [2.05, 4.69) is 11.8 Å². The molecule has 1 aliphatic heterocycles. The number of rotatable bonds is 5. The number of methoxy groups -OCH3 is 1. The Hall–Kier alpha value is -1.39. The normalized spacial score (nSPS) is 22.5. The highest BCUT2D eigenvalue weighted by Gasteiger charge is 2.31. The predicted molar refractivity (Wildman–Crippen MR) is 84.1 cm³/mol.